The van der Waals surface area contributed by atoms with Crippen LogP contribution in [0.25, 0.3) is 0 Å². The van der Waals surface area contributed by atoms with Crippen LogP contribution in [0.1, 0.15) is 12.8 Å². The zero-order valence-corrected chi connectivity index (χ0v) is 9.38. The maximum absolute atomic E-state index is 11.4. The first-order valence-electron chi connectivity index (χ1n) is 4.01. The third kappa shape index (κ3) is 3.12. The Hall–Kier alpha value is -0.350. The maximum atomic E-state index is 11.4. The summed E-state index contributed by atoms with van der Waals surface area (Å²) in [5.74, 6) is 0.635. The highest BCUT2D eigenvalue weighted by Crippen LogP contribution is 2.00. The SMILES string of the molecule is O=c1c(Br)cncn1CCCCCl. The van der Waals surface area contributed by atoms with Gasteiger partial charge in [-0.25, -0.2) is 4.98 Å². The lowest BCUT2D eigenvalue weighted by molar-refractivity contribution is 0.602. The van der Waals surface area contributed by atoms with E-state index in [4.69, 9.17) is 11.6 Å². The molecule has 0 aliphatic carbocycles. The average Bonchev–Trinajstić information content (AvgIpc) is 2.13. The smallest absolute Gasteiger partial charge is 0.267 e. The Morgan fingerprint density at radius 1 is 1.54 bits per heavy atom. The first-order chi connectivity index (χ1) is 6.25. The van der Waals surface area contributed by atoms with Crippen molar-refractivity contribution < 1.29 is 0 Å². The van der Waals surface area contributed by atoms with E-state index in [0.717, 1.165) is 12.8 Å². The number of nitrogens with zero attached hydrogens (tertiary/aromatic N) is 2. The molecule has 3 nitrogen and oxygen atoms in total. The molecule has 0 aliphatic heterocycles. The van der Waals surface area contributed by atoms with Crippen LogP contribution in [0.3, 0.4) is 0 Å². The molecule has 0 saturated carbocycles. The van der Waals surface area contributed by atoms with Gasteiger partial charge in [-0.05, 0) is 28.8 Å². The summed E-state index contributed by atoms with van der Waals surface area (Å²) in [5.41, 5.74) is -0.0374. The summed E-state index contributed by atoms with van der Waals surface area (Å²) in [5, 5.41) is 0. The van der Waals surface area contributed by atoms with Crippen LogP contribution in [-0.4, -0.2) is 15.4 Å². The second kappa shape index (κ2) is 5.40. The van der Waals surface area contributed by atoms with Gasteiger partial charge in [0.25, 0.3) is 5.56 Å². The molecule has 0 aromatic carbocycles. The fourth-order valence-electron chi connectivity index (χ4n) is 0.960. The summed E-state index contributed by atoms with van der Waals surface area (Å²) in [6.45, 7) is 0.679. The molecule has 0 aliphatic rings. The van der Waals surface area contributed by atoms with Crippen molar-refractivity contribution in [1.29, 1.82) is 0 Å². The van der Waals surface area contributed by atoms with Crippen LogP contribution < -0.4 is 5.56 Å². The summed E-state index contributed by atoms with van der Waals surface area (Å²) in [6.07, 6.45) is 4.86. The molecule has 1 heterocycles. The Labute approximate surface area is 89.9 Å². The Morgan fingerprint density at radius 2 is 2.31 bits per heavy atom. The lowest BCUT2D eigenvalue weighted by atomic mass is 10.3. The van der Waals surface area contributed by atoms with Crippen LogP contribution in [0.4, 0.5) is 0 Å². The van der Waals surface area contributed by atoms with Crippen molar-refractivity contribution in [3.63, 3.8) is 0 Å². The van der Waals surface area contributed by atoms with Gasteiger partial charge in [-0.15, -0.1) is 11.6 Å². The molecule has 0 N–H and O–H groups in total. The number of hydrogen-bond donors (Lipinski definition) is 0. The zero-order valence-electron chi connectivity index (χ0n) is 7.04. The van der Waals surface area contributed by atoms with E-state index in [2.05, 4.69) is 20.9 Å². The zero-order chi connectivity index (χ0) is 9.68. The number of aromatic nitrogens is 2. The molecule has 13 heavy (non-hydrogen) atoms. The second-order valence-corrected chi connectivity index (χ2v) is 3.87. The van der Waals surface area contributed by atoms with E-state index in [1.807, 2.05) is 0 Å². The average molecular weight is 266 g/mol. The van der Waals surface area contributed by atoms with E-state index in [1.54, 1.807) is 10.9 Å². The van der Waals surface area contributed by atoms with Gasteiger partial charge in [-0.2, -0.15) is 0 Å². The van der Waals surface area contributed by atoms with Gasteiger partial charge >= 0.3 is 0 Å². The van der Waals surface area contributed by atoms with Gasteiger partial charge < -0.3 is 0 Å². The molecule has 1 aromatic heterocycles. The Morgan fingerprint density at radius 3 is 3.00 bits per heavy atom. The van der Waals surface area contributed by atoms with E-state index < -0.39 is 0 Å². The van der Waals surface area contributed by atoms with Gasteiger partial charge in [-0.1, -0.05) is 0 Å². The summed E-state index contributed by atoms with van der Waals surface area (Å²) < 4.78 is 2.08. The molecule has 1 aromatic rings. The monoisotopic (exact) mass is 264 g/mol. The fraction of sp³-hybridized carbons (Fsp3) is 0.500. The van der Waals surface area contributed by atoms with Crippen LogP contribution in [0.15, 0.2) is 21.8 Å². The number of rotatable bonds is 4. The minimum Gasteiger partial charge on any atom is -0.298 e. The minimum atomic E-state index is -0.0374. The highest BCUT2D eigenvalue weighted by atomic mass is 79.9. The van der Waals surface area contributed by atoms with Crippen molar-refractivity contribution in [2.75, 3.05) is 5.88 Å². The molecule has 5 heteroatoms. The number of hydrogen-bond acceptors (Lipinski definition) is 2. The van der Waals surface area contributed by atoms with Gasteiger partial charge in [0.1, 0.15) is 4.47 Å². The highest BCUT2D eigenvalue weighted by molar-refractivity contribution is 9.10. The normalized spacial score (nSPS) is 10.3. The fourth-order valence-corrected chi connectivity index (χ4v) is 1.49. The summed E-state index contributed by atoms with van der Waals surface area (Å²) in [7, 11) is 0. The topological polar surface area (TPSA) is 34.9 Å². The van der Waals surface area contributed by atoms with Gasteiger partial charge in [0, 0.05) is 18.6 Å². The van der Waals surface area contributed by atoms with Crippen molar-refractivity contribution in [2.45, 2.75) is 19.4 Å². The number of halogens is 2. The van der Waals surface area contributed by atoms with E-state index in [0.29, 0.717) is 16.9 Å². The van der Waals surface area contributed by atoms with Crippen molar-refractivity contribution in [1.82, 2.24) is 9.55 Å². The second-order valence-electron chi connectivity index (χ2n) is 2.64. The van der Waals surface area contributed by atoms with Crippen molar-refractivity contribution >= 4 is 27.5 Å². The number of alkyl halides is 1. The van der Waals surface area contributed by atoms with Gasteiger partial charge in [-0.3, -0.25) is 9.36 Å². The van der Waals surface area contributed by atoms with Crippen molar-refractivity contribution in [3.05, 3.63) is 27.4 Å². The first kappa shape index (κ1) is 10.7. The Kier molecular flexibility index (Phi) is 4.45. The van der Waals surface area contributed by atoms with Crippen LogP contribution >= 0.6 is 27.5 Å². The summed E-state index contributed by atoms with van der Waals surface area (Å²) >= 11 is 8.66. The standard InChI is InChI=1S/C8H10BrClN2O/c9-7-5-11-6-12(8(7)13)4-2-1-3-10/h5-6H,1-4H2. The molecule has 0 amide bonds. The quantitative estimate of drug-likeness (QED) is 0.617. The number of unbranched alkanes of at least 4 members (excludes halogenated alkanes) is 1. The van der Waals surface area contributed by atoms with Gasteiger partial charge in [0.05, 0.1) is 6.33 Å². The maximum Gasteiger partial charge on any atom is 0.267 e. The third-order valence-electron chi connectivity index (χ3n) is 1.64. The molecule has 0 unspecified atom stereocenters. The lowest BCUT2D eigenvalue weighted by Gasteiger charge is -2.03. The molecule has 0 bridgehead atoms. The highest BCUT2D eigenvalue weighted by Gasteiger charge is 1.99. The van der Waals surface area contributed by atoms with E-state index in [-0.39, 0.29) is 5.56 Å². The van der Waals surface area contributed by atoms with Crippen LogP contribution in [0.5, 0.6) is 0 Å². The molecule has 0 fully saturated rings. The predicted molar refractivity (Wildman–Crippen MR) is 56.2 cm³/mol. The summed E-state index contributed by atoms with van der Waals surface area (Å²) in [6, 6.07) is 0. The molecule has 0 spiro atoms. The molecule has 0 saturated heterocycles. The predicted octanol–water partition coefficient (Wildman–Crippen LogP) is 2.02. The van der Waals surface area contributed by atoms with E-state index >= 15 is 0 Å². The van der Waals surface area contributed by atoms with Crippen molar-refractivity contribution in [3.8, 4) is 0 Å². The summed E-state index contributed by atoms with van der Waals surface area (Å²) in [4.78, 5) is 15.3. The lowest BCUT2D eigenvalue weighted by Crippen LogP contribution is -2.20. The minimum absolute atomic E-state index is 0.0374. The molecule has 0 radical (unpaired) electrons. The molecule has 0 atom stereocenters. The van der Waals surface area contributed by atoms with Crippen LogP contribution in [-0.2, 0) is 6.54 Å². The molecular weight excluding hydrogens is 255 g/mol. The first-order valence-corrected chi connectivity index (χ1v) is 5.34. The van der Waals surface area contributed by atoms with Crippen LogP contribution in [0, 0.1) is 0 Å². The van der Waals surface area contributed by atoms with E-state index in [1.165, 1.54) is 6.20 Å². The molecule has 1 rings (SSSR count). The Balaban J connectivity index is 2.67. The largest absolute Gasteiger partial charge is 0.298 e. The molecular formula is C8H10BrClN2O. The number of aryl methyl sites for hydroxylation is 1. The van der Waals surface area contributed by atoms with Gasteiger partial charge in [0.2, 0.25) is 0 Å². The Bertz CT molecular complexity index is 326. The van der Waals surface area contributed by atoms with E-state index in [9.17, 15) is 4.79 Å². The van der Waals surface area contributed by atoms with Crippen molar-refractivity contribution in [2.24, 2.45) is 0 Å². The third-order valence-corrected chi connectivity index (χ3v) is 2.45. The van der Waals surface area contributed by atoms with Crippen LogP contribution in [0.2, 0.25) is 0 Å². The van der Waals surface area contributed by atoms with Gasteiger partial charge in [0.15, 0.2) is 0 Å². The molecule has 72 valence electrons.